The molecule has 0 amide bonds. The van der Waals surface area contributed by atoms with Gasteiger partial charge in [-0.15, -0.1) is 0 Å². The van der Waals surface area contributed by atoms with Crippen molar-refractivity contribution in [2.75, 3.05) is 0 Å². The third kappa shape index (κ3) is 0.689. The van der Waals surface area contributed by atoms with Crippen LogP contribution in [0, 0.1) is 0 Å². The van der Waals surface area contributed by atoms with E-state index < -0.39 is 0 Å². The van der Waals surface area contributed by atoms with Crippen LogP contribution in [-0.4, -0.2) is 9.36 Å². The number of hydrogen-bond acceptors (Lipinski definition) is 1. The van der Waals surface area contributed by atoms with Gasteiger partial charge in [0.05, 0.1) is 0 Å². The average molecular weight is 192 g/mol. The summed E-state index contributed by atoms with van der Waals surface area (Å²) in [5, 5.41) is 0. The van der Waals surface area contributed by atoms with Crippen molar-refractivity contribution in [2.45, 2.75) is 37.5 Å². The largest absolute Gasteiger partial charge is 0.289 e. The van der Waals surface area contributed by atoms with Gasteiger partial charge in [0, 0.05) is 36.7 Å². The molecular weight excluding hydrogens is 176 g/mol. The van der Waals surface area contributed by atoms with E-state index in [2.05, 4.69) is 6.92 Å². The van der Waals surface area contributed by atoms with E-state index >= 15 is 0 Å². The monoisotopic (exact) mass is 192 g/mol. The van der Waals surface area contributed by atoms with Crippen molar-refractivity contribution in [3.05, 3.63) is 21.6 Å². The Morgan fingerprint density at radius 1 is 1.36 bits per heavy atom. The Labute approximate surface area is 83.3 Å². The molecule has 1 saturated carbocycles. The van der Waals surface area contributed by atoms with Gasteiger partial charge in [0.25, 0.3) is 5.56 Å². The van der Waals surface area contributed by atoms with Crippen molar-refractivity contribution < 1.29 is 0 Å². The van der Waals surface area contributed by atoms with Crippen LogP contribution in [0.2, 0.25) is 0 Å². The minimum Gasteiger partial charge on any atom is -0.289 e. The summed E-state index contributed by atoms with van der Waals surface area (Å²) < 4.78 is 3.80. The smallest absolute Gasteiger partial charge is 0.270 e. The number of fused-ring (bicyclic) bond motifs is 5. The number of hydrogen-bond donors (Lipinski definition) is 0. The summed E-state index contributed by atoms with van der Waals surface area (Å²) >= 11 is 0. The van der Waals surface area contributed by atoms with Gasteiger partial charge in [-0.2, -0.15) is 0 Å². The molecule has 1 aromatic heterocycles. The molecule has 3 nitrogen and oxygen atoms in total. The average Bonchev–Trinajstić information content (AvgIpc) is 2.72. The van der Waals surface area contributed by atoms with Crippen molar-refractivity contribution in [1.82, 2.24) is 9.36 Å². The normalized spacial score (nSPS) is 33.8. The molecule has 1 heterocycles. The molecule has 2 unspecified atom stereocenters. The quantitative estimate of drug-likeness (QED) is 0.608. The van der Waals surface area contributed by atoms with Crippen LogP contribution in [0.4, 0.5) is 0 Å². The Bertz CT molecular complexity index is 468. The first kappa shape index (κ1) is 8.33. The predicted molar refractivity (Wildman–Crippen MR) is 54.6 cm³/mol. The third-order valence-electron chi connectivity index (χ3n) is 4.29. The van der Waals surface area contributed by atoms with Crippen molar-refractivity contribution in [3.63, 3.8) is 0 Å². The zero-order valence-electron chi connectivity index (χ0n) is 9.00. The summed E-state index contributed by atoms with van der Waals surface area (Å²) in [6.07, 6.45) is 3.66. The summed E-state index contributed by atoms with van der Waals surface area (Å²) in [4.78, 5) is 12.0. The van der Waals surface area contributed by atoms with Gasteiger partial charge in [0.2, 0.25) is 0 Å². The van der Waals surface area contributed by atoms with Crippen LogP contribution in [0.15, 0.2) is 4.79 Å². The first-order chi connectivity index (χ1) is 6.54. The van der Waals surface area contributed by atoms with Gasteiger partial charge in [-0.25, -0.2) is 0 Å². The first-order valence-corrected chi connectivity index (χ1v) is 5.31. The lowest BCUT2D eigenvalue weighted by Crippen LogP contribution is -2.26. The lowest BCUT2D eigenvalue weighted by atomic mass is 9.84. The molecule has 76 valence electrons. The standard InChI is InChI=1S/C11H16N2O/c1-11-5-4-7(6-11)9-8(11)10(14)13(3)12(9)2/h7H,4-6H2,1-3H3. The molecular formula is C11H16N2O. The van der Waals surface area contributed by atoms with E-state index in [9.17, 15) is 4.79 Å². The van der Waals surface area contributed by atoms with Crippen molar-refractivity contribution in [2.24, 2.45) is 14.1 Å². The molecule has 1 fully saturated rings. The molecule has 2 atom stereocenters. The molecule has 0 radical (unpaired) electrons. The number of aromatic nitrogens is 2. The second kappa shape index (κ2) is 2.15. The zero-order chi connectivity index (χ0) is 10.1. The van der Waals surface area contributed by atoms with Crippen LogP contribution in [-0.2, 0) is 19.5 Å². The molecule has 1 aromatic rings. The Hall–Kier alpha value is -0.990. The SMILES string of the molecule is Cn1c2c(c(=O)n1C)C1(C)CCC2C1. The lowest BCUT2D eigenvalue weighted by molar-refractivity contribution is 0.494. The fourth-order valence-corrected chi connectivity index (χ4v) is 3.47. The lowest BCUT2D eigenvalue weighted by Gasteiger charge is -2.19. The summed E-state index contributed by atoms with van der Waals surface area (Å²) in [5.74, 6) is 0.647. The highest BCUT2D eigenvalue weighted by Gasteiger charge is 2.50. The Morgan fingerprint density at radius 2 is 2.07 bits per heavy atom. The summed E-state index contributed by atoms with van der Waals surface area (Å²) in [6.45, 7) is 2.25. The van der Waals surface area contributed by atoms with Gasteiger partial charge < -0.3 is 0 Å². The van der Waals surface area contributed by atoms with E-state index in [-0.39, 0.29) is 11.0 Å². The van der Waals surface area contributed by atoms with Crippen LogP contribution >= 0.6 is 0 Å². The molecule has 0 aromatic carbocycles. The molecule has 0 spiro atoms. The first-order valence-electron chi connectivity index (χ1n) is 5.31. The number of rotatable bonds is 0. The van der Waals surface area contributed by atoms with Crippen LogP contribution in [0.1, 0.15) is 43.4 Å². The van der Waals surface area contributed by atoms with Crippen LogP contribution in [0.3, 0.4) is 0 Å². The Kier molecular flexibility index (Phi) is 1.28. The van der Waals surface area contributed by atoms with Crippen LogP contribution in [0.25, 0.3) is 0 Å². The summed E-state index contributed by atoms with van der Waals surface area (Å²) in [6, 6.07) is 0. The highest BCUT2D eigenvalue weighted by molar-refractivity contribution is 5.40. The maximum Gasteiger partial charge on any atom is 0.270 e. The third-order valence-corrected chi connectivity index (χ3v) is 4.29. The molecule has 2 aliphatic carbocycles. The second-order valence-corrected chi connectivity index (χ2v) is 5.11. The second-order valence-electron chi connectivity index (χ2n) is 5.11. The molecule has 0 saturated heterocycles. The van der Waals surface area contributed by atoms with E-state index in [1.807, 2.05) is 18.8 Å². The molecule has 14 heavy (non-hydrogen) atoms. The van der Waals surface area contributed by atoms with Crippen molar-refractivity contribution in [1.29, 1.82) is 0 Å². The minimum absolute atomic E-state index is 0.191. The summed E-state index contributed by atoms with van der Waals surface area (Å²) in [5.41, 5.74) is 2.84. The van der Waals surface area contributed by atoms with Gasteiger partial charge in [-0.3, -0.25) is 14.2 Å². The van der Waals surface area contributed by atoms with E-state index in [4.69, 9.17) is 0 Å². The van der Waals surface area contributed by atoms with Gasteiger partial charge >= 0.3 is 0 Å². The molecule has 0 aliphatic heterocycles. The van der Waals surface area contributed by atoms with Gasteiger partial charge in [0.15, 0.2) is 0 Å². The van der Waals surface area contributed by atoms with E-state index in [1.165, 1.54) is 25.0 Å². The molecule has 0 N–H and O–H groups in total. The maximum absolute atomic E-state index is 12.0. The number of nitrogens with zero attached hydrogens (tertiary/aromatic N) is 2. The Morgan fingerprint density at radius 3 is 2.71 bits per heavy atom. The zero-order valence-corrected chi connectivity index (χ0v) is 9.00. The van der Waals surface area contributed by atoms with Crippen molar-refractivity contribution in [3.8, 4) is 0 Å². The van der Waals surface area contributed by atoms with Crippen molar-refractivity contribution >= 4 is 0 Å². The predicted octanol–water partition coefficient (Wildman–Crippen LogP) is 1.26. The topological polar surface area (TPSA) is 26.9 Å². The van der Waals surface area contributed by atoms with Crippen LogP contribution < -0.4 is 5.56 Å². The molecule has 2 bridgehead atoms. The highest BCUT2D eigenvalue weighted by Crippen LogP contribution is 2.55. The molecule has 2 aliphatic rings. The fourth-order valence-electron chi connectivity index (χ4n) is 3.47. The van der Waals surface area contributed by atoms with E-state index in [0.717, 1.165) is 5.56 Å². The Balaban J connectivity index is 2.41. The maximum atomic E-state index is 12.0. The molecule has 3 heteroatoms. The van der Waals surface area contributed by atoms with Gasteiger partial charge in [-0.05, 0) is 19.3 Å². The van der Waals surface area contributed by atoms with Gasteiger partial charge in [-0.1, -0.05) is 6.92 Å². The minimum atomic E-state index is 0.191. The van der Waals surface area contributed by atoms with E-state index in [1.54, 1.807) is 4.68 Å². The van der Waals surface area contributed by atoms with Gasteiger partial charge in [0.1, 0.15) is 0 Å². The van der Waals surface area contributed by atoms with Crippen LogP contribution in [0.5, 0.6) is 0 Å². The van der Waals surface area contributed by atoms with E-state index in [0.29, 0.717) is 5.92 Å². The summed E-state index contributed by atoms with van der Waals surface area (Å²) in [7, 11) is 3.87. The molecule has 3 rings (SSSR count). The highest BCUT2D eigenvalue weighted by atomic mass is 16.1. The fraction of sp³-hybridized carbons (Fsp3) is 0.727.